The summed E-state index contributed by atoms with van der Waals surface area (Å²) in [5.74, 6) is -0.410. The normalized spacial score (nSPS) is 21.8. The number of nitrogens with zero attached hydrogens (tertiary/aromatic N) is 1. The molecule has 1 amide bonds. The zero-order chi connectivity index (χ0) is 15.5. The summed E-state index contributed by atoms with van der Waals surface area (Å²) in [4.78, 5) is 13.1. The fraction of sp³-hybridized carbons (Fsp3) is 0.500. The third-order valence-electron chi connectivity index (χ3n) is 3.59. The molecule has 1 aliphatic heterocycles. The molecule has 2 rings (SSSR count). The first-order valence-corrected chi connectivity index (χ1v) is 6.75. The topological polar surface area (TPSA) is 44.4 Å². The summed E-state index contributed by atoms with van der Waals surface area (Å²) in [6.45, 7) is 0.795. The molecule has 0 aliphatic carbocycles. The predicted molar refractivity (Wildman–Crippen MR) is 72.7 cm³/mol. The number of carbonyl (C=O) groups is 1. The fourth-order valence-electron chi connectivity index (χ4n) is 2.64. The van der Waals surface area contributed by atoms with Crippen LogP contribution in [0.15, 0.2) is 30.3 Å². The molecule has 116 valence electrons. The van der Waals surface area contributed by atoms with Crippen LogP contribution in [0.1, 0.15) is 11.6 Å². The second-order valence-corrected chi connectivity index (χ2v) is 4.93. The van der Waals surface area contributed by atoms with Crippen molar-refractivity contribution in [3.8, 4) is 0 Å². The van der Waals surface area contributed by atoms with Crippen molar-refractivity contribution in [3.05, 3.63) is 35.9 Å². The summed E-state index contributed by atoms with van der Waals surface area (Å²) in [6, 6.07) is 5.10. The number of amides is 1. The Morgan fingerprint density at radius 2 is 2.05 bits per heavy atom. The van der Waals surface area contributed by atoms with E-state index in [2.05, 4.69) is 10.6 Å². The first-order valence-electron chi connectivity index (χ1n) is 6.75. The zero-order valence-electron chi connectivity index (χ0n) is 11.7. The molecule has 0 spiro atoms. The number of alkyl halides is 3. The van der Waals surface area contributed by atoms with Gasteiger partial charge in [0.15, 0.2) is 0 Å². The van der Waals surface area contributed by atoms with Crippen LogP contribution in [0.25, 0.3) is 0 Å². The average Bonchev–Trinajstić information content (AvgIpc) is 2.47. The van der Waals surface area contributed by atoms with Crippen molar-refractivity contribution in [1.82, 2.24) is 15.5 Å². The van der Waals surface area contributed by atoms with Crippen molar-refractivity contribution in [1.29, 1.82) is 0 Å². The molecule has 0 saturated carbocycles. The van der Waals surface area contributed by atoms with Crippen molar-refractivity contribution in [2.24, 2.45) is 0 Å². The van der Waals surface area contributed by atoms with Crippen LogP contribution in [0.2, 0.25) is 0 Å². The lowest BCUT2D eigenvalue weighted by atomic mass is 10.0. The Morgan fingerprint density at radius 1 is 1.38 bits per heavy atom. The zero-order valence-corrected chi connectivity index (χ0v) is 11.7. The van der Waals surface area contributed by atoms with Gasteiger partial charge in [0, 0.05) is 26.7 Å². The van der Waals surface area contributed by atoms with E-state index in [1.165, 1.54) is 24.1 Å². The third-order valence-corrected chi connectivity index (χ3v) is 3.59. The SMILES string of the molecule is CNC(=O)C1CNCCN1C(c1ccccc1)C(F)(F)F. The molecule has 1 aromatic carbocycles. The molecule has 1 aromatic rings. The number of hydrogen-bond acceptors (Lipinski definition) is 3. The second-order valence-electron chi connectivity index (χ2n) is 4.93. The van der Waals surface area contributed by atoms with Crippen molar-refractivity contribution in [3.63, 3.8) is 0 Å². The molecule has 2 atom stereocenters. The van der Waals surface area contributed by atoms with E-state index in [0.29, 0.717) is 6.54 Å². The maximum Gasteiger partial charge on any atom is 0.408 e. The number of benzene rings is 1. The minimum atomic E-state index is -4.44. The quantitative estimate of drug-likeness (QED) is 0.885. The first-order chi connectivity index (χ1) is 9.95. The number of carbonyl (C=O) groups excluding carboxylic acids is 1. The molecule has 2 unspecified atom stereocenters. The summed E-state index contributed by atoms with van der Waals surface area (Å²) >= 11 is 0. The number of rotatable bonds is 3. The van der Waals surface area contributed by atoms with E-state index in [1.54, 1.807) is 18.2 Å². The minimum absolute atomic E-state index is 0.154. The van der Waals surface area contributed by atoms with E-state index < -0.39 is 24.2 Å². The lowest BCUT2D eigenvalue weighted by Crippen LogP contribution is -2.60. The van der Waals surface area contributed by atoms with Crippen LogP contribution in [0.3, 0.4) is 0 Å². The van der Waals surface area contributed by atoms with Crippen molar-refractivity contribution >= 4 is 5.91 Å². The van der Waals surface area contributed by atoms with Crippen molar-refractivity contribution < 1.29 is 18.0 Å². The molecule has 0 radical (unpaired) electrons. The van der Waals surface area contributed by atoms with Crippen LogP contribution in [0, 0.1) is 0 Å². The monoisotopic (exact) mass is 301 g/mol. The Kier molecular flexibility index (Phi) is 4.84. The van der Waals surface area contributed by atoms with E-state index in [0.717, 1.165) is 0 Å². The molecule has 1 heterocycles. The van der Waals surface area contributed by atoms with Gasteiger partial charge in [-0.05, 0) is 5.56 Å². The second kappa shape index (κ2) is 6.44. The molecule has 1 fully saturated rings. The van der Waals surface area contributed by atoms with E-state index in [1.807, 2.05) is 0 Å². The summed E-state index contributed by atoms with van der Waals surface area (Å²) in [6.07, 6.45) is -4.44. The third kappa shape index (κ3) is 3.54. The maximum absolute atomic E-state index is 13.5. The Bertz CT molecular complexity index is 478. The maximum atomic E-state index is 13.5. The smallest absolute Gasteiger partial charge is 0.358 e. The fourth-order valence-corrected chi connectivity index (χ4v) is 2.64. The van der Waals surface area contributed by atoms with Crippen molar-refractivity contribution in [2.45, 2.75) is 18.3 Å². The highest BCUT2D eigenvalue weighted by Gasteiger charge is 2.48. The summed E-state index contributed by atoms with van der Waals surface area (Å²) in [5.41, 5.74) is 0.154. The highest BCUT2D eigenvalue weighted by atomic mass is 19.4. The molecule has 2 N–H and O–H groups in total. The molecule has 0 aromatic heterocycles. The number of nitrogens with one attached hydrogen (secondary N) is 2. The summed E-state index contributed by atoms with van der Waals surface area (Å²) in [5, 5.41) is 5.40. The van der Waals surface area contributed by atoms with Gasteiger partial charge in [0.25, 0.3) is 0 Å². The van der Waals surface area contributed by atoms with Crippen molar-refractivity contribution in [2.75, 3.05) is 26.7 Å². The standard InChI is InChI=1S/C14H18F3N3O/c1-18-13(21)11-9-19-7-8-20(11)12(14(15,16)17)10-5-3-2-4-6-10/h2-6,11-12,19H,7-9H2,1H3,(H,18,21). The van der Waals surface area contributed by atoms with Crippen LogP contribution in [0.5, 0.6) is 0 Å². The van der Waals surface area contributed by atoms with Crippen LogP contribution < -0.4 is 10.6 Å². The molecular formula is C14H18F3N3O. The summed E-state index contributed by atoms with van der Waals surface area (Å²) in [7, 11) is 1.43. The van der Waals surface area contributed by atoms with Crippen LogP contribution >= 0.6 is 0 Å². The molecule has 4 nitrogen and oxygen atoms in total. The number of hydrogen-bond donors (Lipinski definition) is 2. The summed E-state index contributed by atoms with van der Waals surface area (Å²) < 4.78 is 40.6. The van der Waals surface area contributed by atoms with Gasteiger partial charge in [0.1, 0.15) is 12.1 Å². The lowest BCUT2D eigenvalue weighted by molar-refractivity contribution is -0.195. The highest BCUT2D eigenvalue weighted by molar-refractivity contribution is 5.82. The van der Waals surface area contributed by atoms with Gasteiger partial charge < -0.3 is 10.6 Å². The molecular weight excluding hydrogens is 283 g/mol. The lowest BCUT2D eigenvalue weighted by Gasteiger charge is -2.41. The molecule has 7 heteroatoms. The molecule has 1 aliphatic rings. The van der Waals surface area contributed by atoms with Gasteiger partial charge in [-0.1, -0.05) is 30.3 Å². The van der Waals surface area contributed by atoms with E-state index >= 15 is 0 Å². The largest absolute Gasteiger partial charge is 0.408 e. The Morgan fingerprint density at radius 3 is 2.62 bits per heavy atom. The number of likely N-dealkylation sites (N-methyl/N-ethyl adjacent to an activating group) is 1. The van der Waals surface area contributed by atoms with Gasteiger partial charge in [-0.2, -0.15) is 13.2 Å². The van der Waals surface area contributed by atoms with Crippen LogP contribution in [0.4, 0.5) is 13.2 Å². The van der Waals surface area contributed by atoms with E-state index in [9.17, 15) is 18.0 Å². The van der Waals surface area contributed by atoms with Gasteiger partial charge in [-0.3, -0.25) is 9.69 Å². The van der Waals surface area contributed by atoms with Gasteiger partial charge >= 0.3 is 6.18 Å². The average molecular weight is 301 g/mol. The predicted octanol–water partition coefficient (Wildman–Crippen LogP) is 1.31. The van der Waals surface area contributed by atoms with Gasteiger partial charge in [-0.25, -0.2) is 0 Å². The van der Waals surface area contributed by atoms with Crippen LogP contribution in [-0.4, -0.2) is 49.7 Å². The number of piperazine rings is 1. The molecule has 0 bridgehead atoms. The number of halogens is 3. The van der Waals surface area contributed by atoms with Gasteiger partial charge in [0.05, 0.1) is 0 Å². The Labute approximate surface area is 121 Å². The molecule has 21 heavy (non-hydrogen) atoms. The highest BCUT2D eigenvalue weighted by Crippen LogP contribution is 2.38. The van der Waals surface area contributed by atoms with E-state index in [4.69, 9.17) is 0 Å². The first kappa shape index (κ1) is 15.8. The Balaban J connectivity index is 2.37. The van der Waals surface area contributed by atoms with E-state index in [-0.39, 0.29) is 18.7 Å². The molecule has 1 saturated heterocycles. The Hall–Kier alpha value is -1.60. The van der Waals surface area contributed by atoms with Gasteiger partial charge in [0.2, 0.25) is 5.91 Å². The minimum Gasteiger partial charge on any atom is -0.358 e. The van der Waals surface area contributed by atoms with Gasteiger partial charge in [-0.15, -0.1) is 0 Å². The van der Waals surface area contributed by atoms with Crippen LogP contribution in [-0.2, 0) is 4.79 Å².